The minimum Gasteiger partial charge on any atom is -0.304 e. The van der Waals surface area contributed by atoms with E-state index in [0.29, 0.717) is 5.02 Å². The van der Waals surface area contributed by atoms with Crippen LogP contribution in [0.2, 0.25) is 5.02 Å². The lowest BCUT2D eigenvalue weighted by Crippen LogP contribution is -2.53. The Morgan fingerprint density at radius 2 is 1.70 bits per heavy atom. The average molecular weight is 402 g/mol. The summed E-state index contributed by atoms with van der Waals surface area (Å²) < 4.78 is 0. The van der Waals surface area contributed by atoms with Crippen molar-refractivity contribution in [2.75, 3.05) is 10.7 Å². The normalized spacial score (nSPS) is 25.5. The third-order valence-electron chi connectivity index (χ3n) is 5.41. The van der Waals surface area contributed by atoms with Crippen LogP contribution in [-0.2, 0) is 9.59 Å². The number of hydrogen-bond donors (Lipinski definition) is 0. The Morgan fingerprint density at radius 3 is 2.30 bits per heavy atom. The molecule has 1 aliphatic heterocycles. The second-order valence-corrected chi connectivity index (χ2v) is 8.67. The molecule has 0 radical (unpaired) electrons. The van der Waals surface area contributed by atoms with Crippen LogP contribution < -0.4 is 4.90 Å². The summed E-state index contributed by atoms with van der Waals surface area (Å²) in [7, 11) is 0. The molecule has 5 heteroatoms. The number of rotatable bonds is 4. The van der Waals surface area contributed by atoms with E-state index in [1.54, 1.807) is 17.0 Å². The standard InChI is InChI=1S/C22H24ClNO2S/c1-4-27-22(26)19-14(2)15(3)21(25)24(18-12-10-17(23)11-13-18)20(19)16-8-6-5-7-9-16/h5-15,19-20H,4H2,1-3H3/t14-,15+,19+,20-/m1/s1. The van der Waals surface area contributed by atoms with E-state index < -0.39 is 0 Å². The summed E-state index contributed by atoms with van der Waals surface area (Å²) in [4.78, 5) is 28.2. The van der Waals surface area contributed by atoms with Crippen molar-refractivity contribution in [1.29, 1.82) is 0 Å². The molecular formula is C22H24ClNO2S. The van der Waals surface area contributed by atoms with Gasteiger partial charge < -0.3 is 4.90 Å². The van der Waals surface area contributed by atoms with Crippen LogP contribution in [0.3, 0.4) is 0 Å². The maximum atomic E-state index is 13.3. The molecule has 1 fully saturated rings. The van der Waals surface area contributed by atoms with Gasteiger partial charge in [-0.15, -0.1) is 0 Å². The van der Waals surface area contributed by atoms with E-state index in [9.17, 15) is 9.59 Å². The first-order valence-corrected chi connectivity index (χ1v) is 10.6. The van der Waals surface area contributed by atoms with E-state index >= 15 is 0 Å². The fourth-order valence-corrected chi connectivity index (χ4v) is 4.77. The molecule has 1 saturated heterocycles. The number of thioether (sulfide) groups is 1. The largest absolute Gasteiger partial charge is 0.304 e. The van der Waals surface area contributed by atoms with E-state index in [1.165, 1.54) is 11.8 Å². The first-order chi connectivity index (χ1) is 13.0. The van der Waals surface area contributed by atoms with Crippen molar-refractivity contribution in [1.82, 2.24) is 0 Å². The number of halogens is 1. The highest BCUT2D eigenvalue weighted by Crippen LogP contribution is 2.46. The predicted octanol–water partition coefficient (Wildman–Crippen LogP) is 5.60. The Balaban J connectivity index is 2.16. The molecule has 142 valence electrons. The zero-order chi connectivity index (χ0) is 19.6. The van der Waals surface area contributed by atoms with Gasteiger partial charge in [0.25, 0.3) is 0 Å². The average Bonchev–Trinajstić information content (AvgIpc) is 2.67. The molecule has 27 heavy (non-hydrogen) atoms. The van der Waals surface area contributed by atoms with Crippen molar-refractivity contribution < 1.29 is 9.59 Å². The molecule has 1 aliphatic rings. The van der Waals surface area contributed by atoms with Crippen LogP contribution in [0.15, 0.2) is 54.6 Å². The summed E-state index contributed by atoms with van der Waals surface area (Å²) in [5, 5.41) is 0.771. The van der Waals surface area contributed by atoms with E-state index in [1.807, 2.05) is 63.2 Å². The number of hydrogen-bond acceptors (Lipinski definition) is 3. The van der Waals surface area contributed by atoms with Crippen molar-refractivity contribution in [2.45, 2.75) is 26.8 Å². The third-order valence-corrected chi connectivity index (χ3v) is 6.50. The van der Waals surface area contributed by atoms with Gasteiger partial charge in [0.1, 0.15) is 0 Å². The SMILES string of the molecule is CCSC(=O)[C@H]1[C@H](C)[C@H](C)C(=O)N(c2ccc(Cl)cc2)[C@@H]1c1ccccc1. The first-order valence-electron chi connectivity index (χ1n) is 9.26. The molecular weight excluding hydrogens is 378 g/mol. The van der Waals surface area contributed by atoms with E-state index in [2.05, 4.69) is 0 Å². The van der Waals surface area contributed by atoms with Crippen LogP contribution in [0.25, 0.3) is 0 Å². The Hall–Kier alpha value is -1.78. The molecule has 3 rings (SSSR count). The summed E-state index contributed by atoms with van der Waals surface area (Å²) in [6, 6.07) is 16.8. The van der Waals surface area contributed by atoms with Gasteiger partial charge in [-0.05, 0) is 41.5 Å². The van der Waals surface area contributed by atoms with Crippen molar-refractivity contribution in [2.24, 2.45) is 17.8 Å². The van der Waals surface area contributed by atoms with Crippen molar-refractivity contribution in [3.8, 4) is 0 Å². The van der Waals surface area contributed by atoms with Gasteiger partial charge in [0.15, 0.2) is 5.12 Å². The summed E-state index contributed by atoms with van der Waals surface area (Å²) in [5.41, 5.74) is 1.76. The van der Waals surface area contributed by atoms with Gasteiger partial charge >= 0.3 is 0 Å². The van der Waals surface area contributed by atoms with Gasteiger partial charge in [-0.2, -0.15) is 0 Å². The minimum absolute atomic E-state index is 0.0298. The highest BCUT2D eigenvalue weighted by atomic mass is 35.5. The van der Waals surface area contributed by atoms with Crippen LogP contribution in [0, 0.1) is 17.8 Å². The number of anilines is 1. The summed E-state index contributed by atoms with van der Waals surface area (Å²) in [5.74, 6) is 0.252. The maximum absolute atomic E-state index is 13.3. The van der Waals surface area contributed by atoms with Gasteiger partial charge in [0.05, 0.1) is 12.0 Å². The molecule has 0 unspecified atom stereocenters. The zero-order valence-electron chi connectivity index (χ0n) is 15.8. The number of piperidine rings is 1. The highest BCUT2D eigenvalue weighted by Gasteiger charge is 2.48. The van der Waals surface area contributed by atoms with Gasteiger partial charge in [0.2, 0.25) is 5.91 Å². The predicted molar refractivity (Wildman–Crippen MR) is 113 cm³/mol. The third kappa shape index (κ3) is 3.92. The summed E-state index contributed by atoms with van der Waals surface area (Å²) >= 11 is 7.40. The lowest BCUT2D eigenvalue weighted by Gasteiger charge is -2.46. The lowest BCUT2D eigenvalue weighted by atomic mass is 9.73. The second-order valence-electron chi connectivity index (χ2n) is 6.97. The highest BCUT2D eigenvalue weighted by molar-refractivity contribution is 8.13. The Labute approximate surface area is 170 Å². The van der Waals surface area contributed by atoms with Crippen LogP contribution in [-0.4, -0.2) is 16.8 Å². The topological polar surface area (TPSA) is 37.4 Å². The van der Waals surface area contributed by atoms with E-state index in [-0.39, 0.29) is 34.8 Å². The first kappa shape index (κ1) is 20.0. The number of carbonyl (C=O) groups is 2. The Bertz CT molecular complexity index is 809. The lowest BCUT2D eigenvalue weighted by molar-refractivity contribution is -0.130. The molecule has 0 saturated carbocycles. The molecule has 0 N–H and O–H groups in total. The van der Waals surface area contributed by atoms with E-state index in [0.717, 1.165) is 17.0 Å². The van der Waals surface area contributed by atoms with Gasteiger partial charge in [0, 0.05) is 16.6 Å². The molecule has 2 aromatic rings. The van der Waals surface area contributed by atoms with Crippen LogP contribution in [0.5, 0.6) is 0 Å². The molecule has 0 aromatic heterocycles. The molecule has 4 atom stereocenters. The molecule has 1 heterocycles. The number of nitrogens with zero attached hydrogens (tertiary/aromatic N) is 1. The monoisotopic (exact) mass is 401 g/mol. The Morgan fingerprint density at radius 1 is 1.07 bits per heavy atom. The molecule has 0 spiro atoms. The van der Waals surface area contributed by atoms with Crippen molar-refractivity contribution >= 4 is 40.1 Å². The minimum atomic E-state index is -0.322. The van der Waals surface area contributed by atoms with Gasteiger partial charge in [-0.3, -0.25) is 9.59 Å². The number of amides is 1. The van der Waals surface area contributed by atoms with Gasteiger partial charge in [-0.1, -0.05) is 74.5 Å². The van der Waals surface area contributed by atoms with E-state index in [4.69, 9.17) is 11.6 Å². The second kappa shape index (κ2) is 8.49. The Kier molecular flexibility index (Phi) is 6.28. The van der Waals surface area contributed by atoms with Crippen LogP contribution in [0.1, 0.15) is 32.4 Å². The number of carbonyl (C=O) groups excluding carboxylic acids is 2. The number of benzene rings is 2. The van der Waals surface area contributed by atoms with Crippen molar-refractivity contribution in [3.05, 3.63) is 65.2 Å². The summed E-state index contributed by atoms with van der Waals surface area (Å²) in [6.07, 6.45) is 0. The van der Waals surface area contributed by atoms with Crippen LogP contribution >= 0.6 is 23.4 Å². The quantitative estimate of drug-likeness (QED) is 0.669. The zero-order valence-corrected chi connectivity index (χ0v) is 17.3. The van der Waals surface area contributed by atoms with Crippen LogP contribution in [0.4, 0.5) is 5.69 Å². The molecule has 0 bridgehead atoms. The fourth-order valence-electron chi connectivity index (χ4n) is 3.82. The smallest absolute Gasteiger partial charge is 0.230 e. The maximum Gasteiger partial charge on any atom is 0.230 e. The molecule has 2 aromatic carbocycles. The summed E-state index contributed by atoms with van der Waals surface area (Å²) in [6.45, 7) is 5.93. The molecule has 1 amide bonds. The molecule has 3 nitrogen and oxygen atoms in total. The van der Waals surface area contributed by atoms with Crippen molar-refractivity contribution in [3.63, 3.8) is 0 Å². The van der Waals surface area contributed by atoms with Gasteiger partial charge in [-0.25, -0.2) is 0 Å². The molecule has 0 aliphatic carbocycles. The fraction of sp³-hybridized carbons (Fsp3) is 0.364.